The molecule has 0 bridgehead atoms. The number of nitrogens with zero attached hydrogens (tertiary/aromatic N) is 1. The zero-order valence-corrected chi connectivity index (χ0v) is 18.6. The minimum absolute atomic E-state index is 0. The normalized spacial score (nSPS) is 14.4. The van der Waals surface area contributed by atoms with E-state index in [0.29, 0.717) is 23.1 Å². The van der Waals surface area contributed by atoms with E-state index in [0.717, 1.165) is 0 Å². The van der Waals surface area contributed by atoms with Gasteiger partial charge in [0.25, 0.3) is 0 Å². The summed E-state index contributed by atoms with van der Waals surface area (Å²) in [5, 5.41) is 13.2. The molecule has 168 valence electrons. The second kappa shape index (κ2) is 10.7. The van der Waals surface area contributed by atoms with E-state index in [1.807, 2.05) is 0 Å². The number of oxazole rings is 1. The minimum Gasteiger partial charge on any atom is -0.438 e. The SMILES string of the molecule is CCC(NC(=O)C(N)CS(=O)(=O)Cc1ccccc1)[C@H](O)c1nc2ccccc2o1.Cl. The third-order valence-electron chi connectivity index (χ3n) is 4.71. The van der Waals surface area contributed by atoms with Crippen molar-refractivity contribution in [3.05, 3.63) is 66.1 Å². The maximum absolute atomic E-state index is 12.5. The van der Waals surface area contributed by atoms with Crippen molar-refractivity contribution in [2.75, 3.05) is 5.75 Å². The summed E-state index contributed by atoms with van der Waals surface area (Å²) in [7, 11) is -3.59. The molecule has 0 aliphatic heterocycles. The third-order valence-corrected chi connectivity index (χ3v) is 6.35. The molecular formula is C21H26ClN3O5S. The Hall–Kier alpha value is -2.46. The van der Waals surface area contributed by atoms with Gasteiger partial charge < -0.3 is 20.6 Å². The topological polar surface area (TPSA) is 136 Å². The van der Waals surface area contributed by atoms with E-state index in [2.05, 4.69) is 10.3 Å². The molecule has 8 nitrogen and oxygen atoms in total. The van der Waals surface area contributed by atoms with Gasteiger partial charge in [-0.3, -0.25) is 4.79 Å². The Morgan fingerprint density at radius 3 is 2.45 bits per heavy atom. The molecule has 3 aromatic rings. The summed E-state index contributed by atoms with van der Waals surface area (Å²) in [5.74, 6) is -1.27. The predicted octanol–water partition coefficient (Wildman–Crippen LogP) is 2.12. The standard InChI is InChI=1S/C21H25N3O5S.ClH/c1-2-16(19(25)21-24-17-10-6-7-11-18(17)29-21)23-20(26)15(22)13-30(27,28)12-14-8-4-3-5-9-14;/h3-11,15-16,19,25H,2,12-13,22H2,1H3,(H,23,26);1H/t15?,16?,19-;/m0./s1. The summed E-state index contributed by atoms with van der Waals surface area (Å²) in [5.41, 5.74) is 7.59. The number of carbonyl (C=O) groups excluding carboxylic acids is 1. The number of benzene rings is 2. The molecule has 0 spiro atoms. The molecule has 1 aromatic heterocycles. The molecule has 0 aliphatic rings. The minimum atomic E-state index is -3.59. The first-order chi connectivity index (χ1) is 14.3. The van der Waals surface area contributed by atoms with Crippen LogP contribution in [0.2, 0.25) is 0 Å². The molecule has 0 radical (unpaired) electrons. The van der Waals surface area contributed by atoms with E-state index >= 15 is 0 Å². The van der Waals surface area contributed by atoms with Gasteiger partial charge in [-0.2, -0.15) is 0 Å². The Morgan fingerprint density at radius 2 is 1.81 bits per heavy atom. The average molecular weight is 468 g/mol. The molecule has 3 atom stereocenters. The Morgan fingerprint density at radius 1 is 1.16 bits per heavy atom. The van der Waals surface area contributed by atoms with Crippen molar-refractivity contribution in [2.24, 2.45) is 5.73 Å². The highest BCUT2D eigenvalue weighted by molar-refractivity contribution is 7.90. The van der Waals surface area contributed by atoms with Gasteiger partial charge in [0.15, 0.2) is 21.5 Å². The molecule has 1 amide bonds. The molecule has 0 saturated carbocycles. The first-order valence-corrected chi connectivity index (χ1v) is 11.4. The summed E-state index contributed by atoms with van der Waals surface area (Å²) >= 11 is 0. The number of amides is 1. The second-order valence-electron chi connectivity index (χ2n) is 7.13. The number of nitrogens with two attached hydrogens (primary N) is 1. The molecule has 0 aliphatic carbocycles. The highest BCUT2D eigenvalue weighted by Gasteiger charge is 2.29. The van der Waals surface area contributed by atoms with Crippen molar-refractivity contribution >= 4 is 39.3 Å². The summed E-state index contributed by atoms with van der Waals surface area (Å²) in [4.78, 5) is 16.7. The number of aliphatic hydroxyl groups is 1. The zero-order chi connectivity index (χ0) is 21.7. The number of hydrogen-bond acceptors (Lipinski definition) is 7. The molecular weight excluding hydrogens is 442 g/mol. The van der Waals surface area contributed by atoms with Crippen LogP contribution in [0.15, 0.2) is 59.0 Å². The quantitative estimate of drug-likeness (QED) is 0.438. The maximum Gasteiger partial charge on any atom is 0.238 e. The van der Waals surface area contributed by atoms with Crippen LogP contribution in [-0.2, 0) is 20.4 Å². The average Bonchev–Trinajstić information content (AvgIpc) is 3.15. The lowest BCUT2D eigenvalue weighted by molar-refractivity contribution is -0.123. The van der Waals surface area contributed by atoms with Crippen LogP contribution in [0.1, 0.15) is 30.9 Å². The first kappa shape index (κ1) is 24.8. The lowest BCUT2D eigenvalue weighted by Gasteiger charge is -2.22. The van der Waals surface area contributed by atoms with E-state index in [-0.39, 0.29) is 24.1 Å². The van der Waals surface area contributed by atoms with E-state index in [1.54, 1.807) is 61.5 Å². The molecule has 10 heteroatoms. The zero-order valence-electron chi connectivity index (χ0n) is 17.0. The van der Waals surface area contributed by atoms with Gasteiger partial charge in [-0.25, -0.2) is 13.4 Å². The highest BCUT2D eigenvalue weighted by atomic mass is 35.5. The molecule has 2 unspecified atom stereocenters. The highest BCUT2D eigenvalue weighted by Crippen LogP contribution is 2.23. The maximum atomic E-state index is 12.5. The summed E-state index contributed by atoms with van der Waals surface area (Å²) in [6.07, 6.45) is -0.825. The number of aliphatic hydroxyl groups excluding tert-OH is 1. The number of carbonyl (C=O) groups is 1. The number of halogens is 1. The van der Waals surface area contributed by atoms with Crippen molar-refractivity contribution in [3.8, 4) is 0 Å². The molecule has 31 heavy (non-hydrogen) atoms. The van der Waals surface area contributed by atoms with Crippen molar-refractivity contribution in [1.82, 2.24) is 10.3 Å². The first-order valence-electron chi connectivity index (χ1n) is 9.63. The summed E-state index contributed by atoms with van der Waals surface area (Å²) < 4.78 is 30.3. The van der Waals surface area contributed by atoms with E-state index in [9.17, 15) is 18.3 Å². The van der Waals surface area contributed by atoms with Crippen molar-refractivity contribution in [1.29, 1.82) is 0 Å². The number of fused-ring (bicyclic) bond motifs is 1. The molecule has 0 saturated heterocycles. The van der Waals surface area contributed by atoms with Crippen LogP contribution >= 0.6 is 12.4 Å². The van der Waals surface area contributed by atoms with E-state index in [1.165, 1.54) is 0 Å². The number of hydrogen-bond donors (Lipinski definition) is 3. The van der Waals surface area contributed by atoms with Crippen LogP contribution in [0.3, 0.4) is 0 Å². The molecule has 4 N–H and O–H groups in total. The fourth-order valence-corrected chi connectivity index (χ4v) is 4.64. The van der Waals surface area contributed by atoms with Gasteiger partial charge in [0, 0.05) is 0 Å². The number of nitrogens with one attached hydrogen (secondary N) is 1. The van der Waals surface area contributed by atoms with Crippen LogP contribution in [0.4, 0.5) is 0 Å². The van der Waals surface area contributed by atoms with Crippen LogP contribution in [0.5, 0.6) is 0 Å². The molecule has 1 heterocycles. The van der Waals surface area contributed by atoms with Gasteiger partial charge in [-0.15, -0.1) is 12.4 Å². The summed E-state index contributed by atoms with van der Waals surface area (Å²) in [6, 6.07) is 13.8. The predicted molar refractivity (Wildman–Crippen MR) is 120 cm³/mol. The number of rotatable bonds is 9. The van der Waals surface area contributed by atoms with Gasteiger partial charge in [0.2, 0.25) is 11.8 Å². The van der Waals surface area contributed by atoms with E-state index in [4.69, 9.17) is 10.2 Å². The Kier molecular flexibility index (Phi) is 8.58. The van der Waals surface area contributed by atoms with Gasteiger partial charge >= 0.3 is 0 Å². The Labute approximate surface area is 187 Å². The van der Waals surface area contributed by atoms with Gasteiger partial charge in [-0.1, -0.05) is 49.4 Å². The number of para-hydroxylation sites is 2. The van der Waals surface area contributed by atoms with Crippen molar-refractivity contribution < 1.29 is 22.7 Å². The van der Waals surface area contributed by atoms with Gasteiger partial charge in [0.05, 0.1) is 23.6 Å². The number of sulfone groups is 1. The molecule has 0 fully saturated rings. The van der Waals surface area contributed by atoms with Crippen molar-refractivity contribution in [2.45, 2.75) is 37.3 Å². The smallest absolute Gasteiger partial charge is 0.238 e. The number of aromatic nitrogens is 1. The Bertz CT molecular complexity index is 1070. The van der Waals surface area contributed by atoms with Gasteiger partial charge in [-0.05, 0) is 24.1 Å². The molecule has 3 rings (SSSR count). The van der Waals surface area contributed by atoms with Crippen molar-refractivity contribution in [3.63, 3.8) is 0 Å². The van der Waals surface area contributed by atoms with Crippen LogP contribution < -0.4 is 11.1 Å². The second-order valence-corrected chi connectivity index (χ2v) is 9.24. The monoisotopic (exact) mass is 467 g/mol. The summed E-state index contributed by atoms with van der Waals surface area (Å²) in [6.45, 7) is 1.77. The lowest BCUT2D eigenvalue weighted by Crippen LogP contribution is -2.50. The lowest BCUT2D eigenvalue weighted by atomic mass is 10.1. The van der Waals surface area contributed by atoms with Gasteiger partial charge in [0.1, 0.15) is 5.52 Å². The third kappa shape index (κ3) is 6.51. The van der Waals surface area contributed by atoms with Crippen LogP contribution in [-0.4, -0.2) is 42.3 Å². The van der Waals surface area contributed by atoms with Crippen LogP contribution in [0, 0.1) is 0 Å². The van der Waals surface area contributed by atoms with E-state index < -0.39 is 39.7 Å². The Balaban J connectivity index is 0.00000341. The largest absolute Gasteiger partial charge is 0.438 e. The fraction of sp³-hybridized carbons (Fsp3) is 0.333. The van der Waals surface area contributed by atoms with Crippen LogP contribution in [0.25, 0.3) is 11.1 Å². The molecule has 2 aromatic carbocycles. The fourth-order valence-electron chi connectivity index (χ4n) is 3.12.